The number of ether oxygens (including phenoxy) is 1. The number of carboxylic acids is 1. The highest BCUT2D eigenvalue weighted by Gasteiger charge is 2.08. The number of rotatable bonds is 21. The molecule has 0 aliphatic carbocycles. The summed E-state index contributed by atoms with van der Waals surface area (Å²) in [6, 6.07) is 0. The maximum atomic E-state index is 10.9. The van der Waals surface area contributed by atoms with Gasteiger partial charge in [0.05, 0.1) is 21.1 Å². The molecule has 0 radical (unpaired) electrons. The third-order valence-corrected chi connectivity index (χ3v) is 5.46. The fraction of sp³-hybridized carbons (Fsp3) is 0.926. The number of carbonyl (C=O) groups excluding carboxylic acids is 2. The molecule has 0 saturated heterocycles. The van der Waals surface area contributed by atoms with Gasteiger partial charge in [-0.1, -0.05) is 104 Å². The van der Waals surface area contributed by atoms with Crippen molar-refractivity contribution in [3.63, 3.8) is 0 Å². The molecule has 0 aliphatic rings. The van der Waals surface area contributed by atoms with Gasteiger partial charge in [-0.2, -0.15) is 0 Å². The predicted molar refractivity (Wildman–Crippen MR) is 133 cm³/mol. The number of aliphatic carboxylic acids is 1. The number of unbranched alkanes of at least 4 members (excludes halogenated alkanes) is 14. The monoisotopic (exact) mass is 457 g/mol. The number of hydrogen-bond donors (Lipinski definition) is 0. The summed E-state index contributed by atoms with van der Waals surface area (Å²) < 4.78 is 5.84. The van der Waals surface area contributed by atoms with E-state index in [1.165, 1.54) is 83.5 Å². The standard InChI is InChI=1S/C18H36O2.C9H20NO2/c1-2-3-4-5-6-7-8-9-10-11-12-13-14-15-16-17-18(19)20;1-5-6-9(11)12-8-7-10(2,3)4/h2-17H2,1H3,(H,19,20);5-8H2,1-4H3/q;+1/p-1. The fourth-order valence-electron chi connectivity index (χ4n) is 3.35. The molecule has 32 heavy (non-hydrogen) atoms. The number of hydrogen-bond acceptors (Lipinski definition) is 4. The van der Waals surface area contributed by atoms with Crippen LogP contribution in [-0.4, -0.2) is 50.7 Å². The van der Waals surface area contributed by atoms with Crippen molar-refractivity contribution in [1.82, 2.24) is 0 Å². The molecule has 0 amide bonds. The van der Waals surface area contributed by atoms with Gasteiger partial charge in [0.1, 0.15) is 13.2 Å². The van der Waals surface area contributed by atoms with Gasteiger partial charge in [0.25, 0.3) is 0 Å². The molecular weight excluding hydrogens is 402 g/mol. The van der Waals surface area contributed by atoms with Crippen molar-refractivity contribution in [2.24, 2.45) is 0 Å². The van der Waals surface area contributed by atoms with Crippen LogP contribution in [0.15, 0.2) is 0 Å². The van der Waals surface area contributed by atoms with Gasteiger partial charge in [0.2, 0.25) is 0 Å². The van der Waals surface area contributed by atoms with Crippen LogP contribution in [0.3, 0.4) is 0 Å². The highest BCUT2D eigenvalue weighted by molar-refractivity contribution is 5.69. The molecule has 0 aliphatic heterocycles. The minimum absolute atomic E-state index is 0.0778. The fourth-order valence-corrected chi connectivity index (χ4v) is 3.35. The molecule has 0 saturated carbocycles. The second kappa shape index (κ2) is 24.5. The Labute approximate surface area is 199 Å². The molecule has 0 rings (SSSR count). The van der Waals surface area contributed by atoms with E-state index in [9.17, 15) is 14.7 Å². The molecule has 0 unspecified atom stereocenters. The Morgan fingerprint density at radius 3 is 1.38 bits per heavy atom. The van der Waals surface area contributed by atoms with Crippen LogP contribution >= 0.6 is 0 Å². The number of carboxylic acid groups (broad SMARTS) is 1. The van der Waals surface area contributed by atoms with E-state index in [-0.39, 0.29) is 12.4 Å². The molecule has 192 valence electrons. The molecule has 0 fully saturated rings. The highest BCUT2D eigenvalue weighted by atomic mass is 16.5. The van der Waals surface area contributed by atoms with E-state index >= 15 is 0 Å². The van der Waals surface area contributed by atoms with Crippen LogP contribution in [0.4, 0.5) is 0 Å². The minimum atomic E-state index is -0.903. The number of nitrogens with zero attached hydrogens (tertiary/aromatic N) is 1. The van der Waals surface area contributed by atoms with E-state index in [1.807, 2.05) is 6.92 Å². The Morgan fingerprint density at radius 2 is 1.03 bits per heavy atom. The van der Waals surface area contributed by atoms with E-state index in [0.717, 1.165) is 30.3 Å². The summed E-state index contributed by atoms with van der Waals surface area (Å²) in [7, 11) is 6.23. The summed E-state index contributed by atoms with van der Waals surface area (Å²) in [4.78, 5) is 21.1. The first kappa shape index (κ1) is 33.1. The zero-order valence-electron chi connectivity index (χ0n) is 22.2. The third-order valence-electron chi connectivity index (χ3n) is 5.46. The Balaban J connectivity index is 0. The van der Waals surface area contributed by atoms with Crippen LogP contribution in [0.2, 0.25) is 0 Å². The zero-order chi connectivity index (χ0) is 24.5. The topological polar surface area (TPSA) is 66.4 Å². The summed E-state index contributed by atoms with van der Waals surface area (Å²) in [5.41, 5.74) is 0. The molecule has 0 atom stereocenters. The lowest BCUT2D eigenvalue weighted by atomic mass is 10.0. The zero-order valence-corrected chi connectivity index (χ0v) is 22.2. The van der Waals surface area contributed by atoms with Crippen LogP contribution in [-0.2, 0) is 14.3 Å². The van der Waals surface area contributed by atoms with Gasteiger partial charge in [-0.3, -0.25) is 4.79 Å². The maximum Gasteiger partial charge on any atom is 0.305 e. The Kier molecular flexibility index (Phi) is 25.4. The normalized spacial score (nSPS) is 11.0. The predicted octanol–water partition coefficient (Wildman–Crippen LogP) is 6.03. The number of esters is 1. The van der Waals surface area contributed by atoms with E-state index in [2.05, 4.69) is 28.1 Å². The molecule has 5 heteroatoms. The summed E-state index contributed by atoms with van der Waals surface area (Å²) in [6.45, 7) is 5.64. The molecule has 0 aromatic rings. The van der Waals surface area contributed by atoms with Crippen LogP contribution in [0.1, 0.15) is 129 Å². The largest absolute Gasteiger partial charge is 0.550 e. The van der Waals surface area contributed by atoms with E-state index in [4.69, 9.17) is 4.74 Å². The van der Waals surface area contributed by atoms with Gasteiger partial charge in [0, 0.05) is 12.4 Å². The highest BCUT2D eigenvalue weighted by Crippen LogP contribution is 2.13. The van der Waals surface area contributed by atoms with Crippen LogP contribution < -0.4 is 5.11 Å². The summed E-state index contributed by atoms with van der Waals surface area (Å²) in [5.74, 6) is -0.981. The van der Waals surface area contributed by atoms with Gasteiger partial charge in [0.15, 0.2) is 0 Å². The molecule has 5 nitrogen and oxygen atoms in total. The first-order valence-electron chi connectivity index (χ1n) is 13.4. The molecule has 0 heterocycles. The van der Waals surface area contributed by atoms with Crippen LogP contribution in [0, 0.1) is 0 Å². The van der Waals surface area contributed by atoms with Crippen LogP contribution in [0.25, 0.3) is 0 Å². The second-order valence-electron chi connectivity index (χ2n) is 10.1. The quantitative estimate of drug-likeness (QED) is 0.120. The van der Waals surface area contributed by atoms with Gasteiger partial charge in [-0.15, -0.1) is 0 Å². The average molecular weight is 458 g/mol. The van der Waals surface area contributed by atoms with Gasteiger partial charge >= 0.3 is 5.97 Å². The summed E-state index contributed by atoms with van der Waals surface area (Å²) in [5, 5.41) is 10.2. The Hall–Kier alpha value is -1.10. The van der Waals surface area contributed by atoms with E-state index < -0.39 is 5.97 Å². The molecule has 0 bridgehead atoms. The molecule has 0 aromatic carbocycles. The molecule has 0 N–H and O–H groups in total. The summed E-state index contributed by atoms with van der Waals surface area (Å²) >= 11 is 0. The Bertz CT molecular complexity index is 418. The van der Waals surface area contributed by atoms with Crippen molar-refractivity contribution in [3.05, 3.63) is 0 Å². The number of quaternary nitrogens is 1. The SMILES string of the molecule is CCCC(=O)OCC[N+](C)(C)C.CCCCCCCCCCCCCCCCCC(=O)[O-]. The lowest BCUT2D eigenvalue weighted by Gasteiger charge is -2.23. The van der Waals surface area contributed by atoms with E-state index in [0.29, 0.717) is 13.0 Å². The van der Waals surface area contributed by atoms with Crippen molar-refractivity contribution in [1.29, 1.82) is 0 Å². The van der Waals surface area contributed by atoms with Crippen molar-refractivity contribution in [2.45, 2.75) is 129 Å². The molecule has 0 spiro atoms. The minimum Gasteiger partial charge on any atom is -0.550 e. The molecule has 0 aromatic heterocycles. The smallest absolute Gasteiger partial charge is 0.305 e. The molecular formula is C27H55NO4. The van der Waals surface area contributed by atoms with Crippen molar-refractivity contribution >= 4 is 11.9 Å². The van der Waals surface area contributed by atoms with Crippen LogP contribution in [0.5, 0.6) is 0 Å². The average Bonchev–Trinajstić information content (AvgIpc) is 2.70. The number of carbonyl (C=O) groups is 2. The number of likely N-dealkylation sites (N-methyl/N-ethyl adjacent to an activating group) is 1. The van der Waals surface area contributed by atoms with E-state index in [1.54, 1.807) is 0 Å². The van der Waals surface area contributed by atoms with Gasteiger partial charge in [-0.05, 0) is 19.3 Å². The first-order chi connectivity index (χ1) is 15.2. The van der Waals surface area contributed by atoms with Crippen molar-refractivity contribution < 1.29 is 23.9 Å². The Morgan fingerprint density at radius 1 is 0.625 bits per heavy atom. The van der Waals surface area contributed by atoms with Gasteiger partial charge in [-0.25, -0.2) is 0 Å². The van der Waals surface area contributed by atoms with Crippen molar-refractivity contribution in [3.8, 4) is 0 Å². The second-order valence-corrected chi connectivity index (χ2v) is 10.1. The van der Waals surface area contributed by atoms with Crippen molar-refractivity contribution in [2.75, 3.05) is 34.3 Å². The third kappa shape index (κ3) is 33.5. The maximum absolute atomic E-state index is 10.9. The van der Waals surface area contributed by atoms with Gasteiger partial charge < -0.3 is 19.1 Å². The first-order valence-corrected chi connectivity index (χ1v) is 13.4. The summed E-state index contributed by atoms with van der Waals surface area (Å²) in [6.07, 6.45) is 21.3. The lowest BCUT2D eigenvalue weighted by Crippen LogP contribution is -2.37. The lowest BCUT2D eigenvalue weighted by molar-refractivity contribution is -0.870.